The molecule has 1 rings (SSSR count). The van der Waals surface area contributed by atoms with Gasteiger partial charge in [0, 0.05) is 5.56 Å². The lowest BCUT2D eigenvalue weighted by Gasteiger charge is -2.12. The van der Waals surface area contributed by atoms with Crippen LogP contribution in [0.15, 0.2) is 23.4 Å². The Hall–Kier alpha value is -0.990. The number of hydrogen-bond donors (Lipinski definition) is 1. The molecule has 1 aromatic carbocycles. The fourth-order valence-electron chi connectivity index (χ4n) is 0.996. The Morgan fingerprint density at radius 2 is 2.12 bits per heavy atom. The molecule has 0 atom stereocenters. The number of alkyl halides is 3. The summed E-state index contributed by atoms with van der Waals surface area (Å²) in [5.74, 6) is 0.0539. The van der Waals surface area contributed by atoms with Gasteiger partial charge in [0.1, 0.15) is 5.75 Å². The summed E-state index contributed by atoms with van der Waals surface area (Å²) in [5, 5.41) is 11.1. The number of hydrogen-bond acceptors (Lipinski definition) is 3. The van der Waals surface area contributed by atoms with Gasteiger partial charge in [-0.3, -0.25) is 0 Å². The zero-order chi connectivity index (χ0) is 12.2. The molecule has 16 heavy (non-hydrogen) atoms. The Morgan fingerprint density at radius 3 is 2.69 bits per heavy atom. The first kappa shape index (κ1) is 13.1. The highest BCUT2D eigenvalue weighted by Gasteiger charge is 2.29. The molecule has 7 heteroatoms. The highest BCUT2D eigenvalue weighted by Crippen LogP contribution is 2.26. The minimum atomic E-state index is -4.40. The molecular weight excluding hydrogens is 338 g/mol. The van der Waals surface area contributed by atoms with Crippen molar-refractivity contribution in [1.29, 1.82) is 0 Å². The maximum absolute atomic E-state index is 12.0. The third kappa shape index (κ3) is 3.87. The van der Waals surface area contributed by atoms with Crippen LogP contribution in [0.5, 0.6) is 5.75 Å². The van der Waals surface area contributed by atoms with Crippen molar-refractivity contribution >= 4 is 28.8 Å². The molecule has 0 saturated heterocycles. The lowest BCUT2D eigenvalue weighted by atomic mass is 10.2. The fourth-order valence-corrected chi connectivity index (χ4v) is 1.67. The Kier molecular flexibility index (Phi) is 4.39. The third-order valence-corrected chi connectivity index (χ3v) is 2.42. The van der Waals surface area contributed by atoms with Crippen LogP contribution in [-0.4, -0.2) is 24.2 Å². The minimum Gasteiger partial charge on any atom is -0.482 e. The molecule has 0 radical (unpaired) electrons. The molecule has 0 amide bonds. The molecule has 0 aliphatic heterocycles. The Balaban J connectivity index is 2.93. The monoisotopic (exact) mass is 345 g/mol. The zero-order valence-electron chi connectivity index (χ0n) is 7.83. The highest BCUT2D eigenvalue weighted by atomic mass is 127. The van der Waals surface area contributed by atoms with Gasteiger partial charge in [0.25, 0.3) is 0 Å². The molecule has 88 valence electrons. The molecule has 0 bridgehead atoms. The smallest absolute Gasteiger partial charge is 0.422 e. The molecule has 3 nitrogen and oxygen atoms in total. The molecule has 0 saturated carbocycles. The second-order valence-electron chi connectivity index (χ2n) is 2.81. The van der Waals surface area contributed by atoms with Gasteiger partial charge in [-0.25, -0.2) is 0 Å². The second-order valence-corrected chi connectivity index (χ2v) is 3.97. The summed E-state index contributed by atoms with van der Waals surface area (Å²) in [4.78, 5) is 0. The number of nitrogens with zero attached hydrogens (tertiary/aromatic N) is 1. The van der Waals surface area contributed by atoms with E-state index < -0.39 is 12.8 Å². The van der Waals surface area contributed by atoms with Gasteiger partial charge in [0.05, 0.1) is 9.78 Å². The summed E-state index contributed by atoms with van der Waals surface area (Å²) >= 11 is 1.84. The number of rotatable bonds is 3. The molecular formula is C9H7F3INO2. The number of oxime groups is 1. The fraction of sp³-hybridized carbons (Fsp3) is 0.222. The van der Waals surface area contributed by atoms with Crippen molar-refractivity contribution in [3.63, 3.8) is 0 Å². The van der Waals surface area contributed by atoms with Gasteiger partial charge in [0.15, 0.2) is 6.61 Å². The van der Waals surface area contributed by atoms with Gasteiger partial charge in [-0.05, 0) is 34.7 Å². The molecule has 0 aliphatic rings. The van der Waals surface area contributed by atoms with Crippen molar-refractivity contribution in [1.82, 2.24) is 0 Å². The first-order valence-electron chi connectivity index (χ1n) is 4.09. The van der Waals surface area contributed by atoms with Crippen molar-refractivity contribution in [2.75, 3.05) is 6.61 Å². The van der Waals surface area contributed by atoms with E-state index >= 15 is 0 Å². The van der Waals surface area contributed by atoms with E-state index in [2.05, 4.69) is 9.89 Å². The standard InChI is InChI=1S/C9H7F3INO2/c10-9(11,12)5-16-8-6(4-14-15)2-1-3-7(8)13/h1-4,15H,5H2. The largest absolute Gasteiger partial charge is 0.482 e. The molecule has 1 aromatic rings. The Morgan fingerprint density at radius 1 is 1.44 bits per heavy atom. The van der Waals surface area contributed by atoms with Crippen molar-refractivity contribution in [3.8, 4) is 5.75 Å². The van der Waals surface area contributed by atoms with Crippen molar-refractivity contribution in [2.24, 2.45) is 5.16 Å². The van der Waals surface area contributed by atoms with Crippen LogP contribution in [0.3, 0.4) is 0 Å². The summed E-state index contributed by atoms with van der Waals surface area (Å²) < 4.78 is 41.1. The summed E-state index contributed by atoms with van der Waals surface area (Å²) in [7, 11) is 0. The summed E-state index contributed by atoms with van der Waals surface area (Å²) in [6.07, 6.45) is -3.37. The number of halogens is 4. The molecule has 1 N–H and O–H groups in total. The molecule has 0 spiro atoms. The van der Waals surface area contributed by atoms with Gasteiger partial charge in [-0.1, -0.05) is 11.2 Å². The second kappa shape index (κ2) is 5.37. The predicted octanol–water partition coefficient (Wildman–Crippen LogP) is 3.04. The molecule has 0 fully saturated rings. The Labute approximate surface area is 103 Å². The number of benzene rings is 1. The van der Waals surface area contributed by atoms with Crippen LogP contribution in [0, 0.1) is 3.57 Å². The third-order valence-electron chi connectivity index (χ3n) is 1.57. The summed E-state index contributed by atoms with van der Waals surface area (Å²) in [5.41, 5.74) is 0.290. The van der Waals surface area contributed by atoms with Crippen LogP contribution in [0.2, 0.25) is 0 Å². The molecule has 0 unspecified atom stereocenters. The quantitative estimate of drug-likeness (QED) is 0.396. The van der Waals surface area contributed by atoms with Gasteiger partial charge in [-0.15, -0.1) is 0 Å². The van der Waals surface area contributed by atoms with Gasteiger partial charge >= 0.3 is 6.18 Å². The minimum absolute atomic E-state index is 0.0539. The van der Waals surface area contributed by atoms with E-state index in [1.165, 1.54) is 6.07 Å². The van der Waals surface area contributed by atoms with Crippen LogP contribution in [0.4, 0.5) is 13.2 Å². The predicted molar refractivity (Wildman–Crippen MR) is 60.1 cm³/mol. The van der Waals surface area contributed by atoms with E-state index in [0.29, 0.717) is 9.13 Å². The van der Waals surface area contributed by atoms with E-state index in [-0.39, 0.29) is 5.75 Å². The van der Waals surface area contributed by atoms with Crippen molar-refractivity contribution in [3.05, 3.63) is 27.3 Å². The Bertz CT molecular complexity index is 393. The van der Waals surface area contributed by atoms with E-state index in [9.17, 15) is 13.2 Å². The summed E-state index contributed by atoms with van der Waals surface area (Å²) in [6, 6.07) is 4.72. The normalized spacial score (nSPS) is 12.0. The maximum Gasteiger partial charge on any atom is 0.422 e. The SMILES string of the molecule is ON=Cc1cccc(I)c1OCC(F)(F)F. The van der Waals surface area contributed by atoms with Crippen molar-refractivity contribution in [2.45, 2.75) is 6.18 Å². The number of para-hydroxylation sites is 1. The van der Waals surface area contributed by atoms with Crippen LogP contribution in [0.25, 0.3) is 0 Å². The highest BCUT2D eigenvalue weighted by molar-refractivity contribution is 14.1. The molecule has 0 heterocycles. The lowest BCUT2D eigenvalue weighted by molar-refractivity contribution is -0.153. The molecule has 0 aromatic heterocycles. The average molecular weight is 345 g/mol. The average Bonchev–Trinajstić information content (AvgIpc) is 2.15. The van der Waals surface area contributed by atoms with Crippen molar-refractivity contribution < 1.29 is 23.1 Å². The first-order valence-corrected chi connectivity index (χ1v) is 5.17. The summed E-state index contributed by atoms with van der Waals surface area (Å²) in [6.45, 7) is -1.38. The van der Waals surface area contributed by atoms with E-state index in [4.69, 9.17) is 5.21 Å². The zero-order valence-corrected chi connectivity index (χ0v) is 9.99. The van der Waals surface area contributed by atoms with E-state index in [1.54, 1.807) is 12.1 Å². The van der Waals surface area contributed by atoms with Crippen LogP contribution in [0.1, 0.15) is 5.56 Å². The van der Waals surface area contributed by atoms with Crippen LogP contribution >= 0.6 is 22.6 Å². The van der Waals surface area contributed by atoms with Gasteiger partial charge in [0.2, 0.25) is 0 Å². The van der Waals surface area contributed by atoms with Crippen LogP contribution in [-0.2, 0) is 0 Å². The topological polar surface area (TPSA) is 41.8 Å². The van der Waals surface area contributed by atoms with E-state index in [1.807, 2.05) is 22.6 Å². The van der Waals surface area contributed by atoms with Crippen LogP contribution < -0.4 is 4.74 Å². The van der Waals surface area contributed by atoms with Gasteiger partial charge in [-0.2, -0.15) is 13.2 Å². The first-order chi connectivity index (χ1) is 7.44. The molecule has 0 aliphatic carbocycles. The van der Waals surface area contributed by atoms with E-state index in [0.717, 1.165) is 6.21 Å². The van der Waals surface area contributed by atoms with Gasteiger partial charge < -0.3 is 9.94 Å². The number of ether oxygens (including phenoxy) is 1. The lowest BCUT2D eigenvalue weighted by Crippen LogP contribution is -2.20. The maximum atomic E-state index is 12.0.